The second kappa shape index (κ2) is 7.84. The van der Waals surface area contributed by atoms with Gasteiger partial charge >= 0.3 is 0 Å². The molecule has 2 aromatic carbocycles. The van der Waals surface area contributed by atoms with E-state index in [4.69, 9.17) is 4.98 Å². The van der Waals surface area contributed by atoms with Gasteiger partial charge in [-0.15, -0.1) is 0 Å². The van der Waals surface area contributed by atoms with Crippen molar-refractivity contribution >= 4 is 22.6 Å². The zero-order valence-electron chi connectivity index (χ0n) is 16.9. The zero-order chi connectivity index (χ0) is 21.2. The first-order valence-corrected chi connectivity index (χ1v) is 9.89. The van der Waals surface area contributed by atoms with Gasteiger partial charge in [-0.05, 0) is 36.4 Å². The summed E-state index contributed by atoms with van der Waals surface area (Å²) in [5, 5.41) is 3.97. The van der Waals surface area contributed by atoms with E-state index < -0.39 is 0 Å². The van der Waals surface area contributed by atoms with Gasteiger partial charge in [-0.1, -0.05) is 36.4 Å². The lowest BCUT2D eigenvalue weighted by molar-refractivity contribution is 0.102. The summed E-state index contributed by atoms with van der Waals surface area (Å²) >= 11 is 0. The van der Waals surface area contributed by atoms with Gasteiger partial charge in [0.05, 0.1) is 17.6 Å². The van der Waals surface area contributed by atoms with Gasteiger partial charge in [-0.2, -0.15) is 0 Å². The van der Waals surface area contributed by atoms with Crippen LogP contribution in [0.25, 0.3) is 33.5 Å². The Labute approximate surface area is 179 Å². The molecule has 150 valence electrons. The Kier molecular flexibility index (Phi) is 4.72. The van der Waals surface area contributed by atoms with E-state index in [0.29, 0.717) is 22.8 Å². The van der Waals surface area contributed by atoms with E-state index in [1.807, 2.05) is 49.5 Å². The van der Waals surface area contributed by atoms with Crippen LogP contribution in [-0.2, 0) is 7.05 Å². The number of rotatable bonds is 4. The van der Waals surface area contributed by atoms with E-state index in [2.05, 4.69) is 38.1 Å². The van der Waals surface area contributed by atoms with Gasteiger partial charge in [0, 0.05) is 41.5 Å². The van der Waals surface area contributed by atoms with Crippen LogP contribution in [0.15, 0.2) is 91.4 Å². The van der Waals surface area contributed by atoms with Crippen molar-refractivity contribution in [1.82, 2.24) is 19.5 Å². The molecule has 6 heteroatoms. The predicted octanol–water partition coefficient (Wildman–Crippen LogP) is 4.95. The molecule has 1 amide bonds. The number of amides is 1. The summed E-state index contributed by atoms with van der Waals surface area (Å²) in [6.07, 6.45) is 5.07. The molecule has 31 heavy (non-hydrogen) atoms. The minimum absolute atomic E-state index is 0.230. The smallest absolute Gasteiger partial charge is 0.256 e. The topological polar surface area (TPSA) is 72.7 Å². The monoisotopic (exact) mass is 405 g/mol. The summed E-state index contributed by atoms with van der Waals surface area (Å²) in [6, 6.07) is 23.1. The van der Waals surface area contributed by atoms with Gasteiger partial charge in [0.1, 0.15) is 5.69 Å². The normalized spacial score (nSPS) is 10.9. The van der Waals surface area contributed by atoms with Gasteiger partial charge in [0.2, 0.25) is 0 Å². The van der Waals surface area contributed by atoms with Crippen molar-refractivity contribution < 1.29 is 4.79 Å². The minimum Gasteiger partial charge on any atom is -0.342 e. The van der Waals surface area contributed by atoms with Gasteiger partial charge in [0.15, 0.2) is 5.82 Å². The highest BCUT2D eigenvalue weighted by Crippen LogP contribution is 2.33. The fourth-order valence-electron chi connectivity index (χ4n) is 3.64. The highest BCUT2D eigenvalue weighted by atomic mass is 16.1. The Bertz CT molecular complexity index is 1380. The van der Waals surface area contributed by atoms with Crippen molar-refractivity contribution in [3.8, 4) is 22.6 Å². The van der Waals surface area contributed by atoms with Crippen LogP contribution in [0.4, 0.5) is 5.82 Å². The molecule has 0 aliphatic heterocycles. The minimum atomic E-state index is -0.230. The van der Waals surface area contributed by atoms with Crippen molar-refractivity contribution in [3.63, 3.8) is 0 Å². The molecule has 0 radical (unpaired) electrons. The molecule has 0 bridgehead atoms. The fraction of sp³-hybridized carbons (Fsp3) is 0.0400. The first-order valence-electron chi connectivity index (χ1n) is 9.89. The molecule has 5 rings (SSSR count). The van der Waals surface area contributed by atoms with Crippen LogP contribution in [0.1, 0.15) is 10.4 Å². The maximum Gasteiger partial charge on any atom is 0.256 e. The summed E-state index contributed by atoms with van der Waals surface area (Å²) in [6.45, 7) is 0. The summed E-state index contributed by atoms with van der Waals surface area (Å²) < 4.78 is 2.09. The Morgan fingerprint density at radius 3 is 2.48 bits per heavy atom. The number of anilines is 1. The number of aromatic nitrogens is 4. The number of carbonyl (C=O) groups is 1. The van der Waals surface area contributed by atoms with E-state index in [1.54, 1.807) is 30.7 Å². The molecular formula is C25H19N5O. The number of para-hydroxylation sites is 1. The molecule has 0 aliphatic carbocycles. The van der Waals surface area contributed by atoms with Crippen LogP contribution in [0, 0.1) is 0 Å². The maximum absolute atomic E-state index is 12.6. The summed E-state index contributed by atoms with van der Waals surface area (Å²) in [4.78, 5) is 26.3. The molecule has 6 nitrogen and oxygen atoms in total. The van der Waals surface area contributed by atoms with Crippen molar-refractivity contribution in [2.24, 2.45) is 7.05 Å². The molecule has 5 aromatic rings. The molecule has 1 N–H and O–H groups in total. The zero-order valence-corrected chi connectivity index (χ0v) is 16.9. The van der Waals surface area contributed by atoms with Gasteiger partial charge < -0.3 is 9.88 Å². The van der Waals surface area contributed by atoms with E-state index in [9.17, 15) is 4.79 Å². The molecule has 0 saturated carbocycles. The molecule has 3 heterocycles. The van der Waals surface area contributed by atoms with Crippen molar-refractivity contribution in [1.29, 1.82) is 0 Å². The average Bonchev–Trinajstić information content (AvgIpc) is 3.17. The summed E-state index contributed by atoms with van der Waals surface area (Å²) in [7, 11) is 2.00. The number of aryl methyl sites for hydroxylation is 1. The fourth-order valence-corrected chi connectivity index (χ4v) is 3.64. The van der Waals surface area contributed by atoms with Crippen molar-refractivity contribution in [2.75, 3.05) is 5.32 Å². The quantitative estimate of drug-likeness (QED) is 0.459. The third-order valence-corrected chi connectivity index (χ3v) is 5.18. The Morgan fingerprint density at radius 2 is 1.71 bits per heavy atom. The van der Waals surface area contributed by atoms with Crippen LogP contribution < -0.4 is 5.32 Å². The van der Waals surface area contributed by atoms with Crippen LogP contribution in [0.3, 0.4) is 0 Å². The summed E-state index contributed by atoms with van der Waals surface area (Å²) in [5.41, 5.74) is 4.80. The van der Waals surface area contributed by atoms with Gasteiger partial charge in [-0.3, -0.25) is 9.78 Å². The van der Waals surface area contributed by atoms with Crippen LogP contribution >= 0.6 is 0 Å². The van der Waals surface area contributed by atoms with Gasteiger partial charge in [0.25, 0.3) is 5.91 Å². The molecule has 0 atom stereocenters. The second-order valence-electron chi connectivity index (χ2n) is 7.16. The number of carbonyl (C=O) groups excluding carboxylic acids is 1. The van der Waals surface area contributed by atoms with Crippen molar-refractivity contribution in [2.45, 2.75) is 0 Å². The highest BCUT2D eigenvalue weighted by Gasteiger charge is 2.18. The summed E-state index contributed by atoms with van der Waals surface area (Å²) in [5.74, 6) is 0.161. The lowest BCUT2D eigenvalue weighted by atomic mass is 10.1. The number of hydrogen-bond donors (Lipinski definition) is 1. The van der Waals surface area contributed by atoms with Gasteiger partial charge in [-0.25, -0.2) is 9.97 Å². The first-order chi connectivity index (χ1) is 15.2. The molecular weight excluding hydrogens is 386 g/mol. The number of fused-ring (bicyclic) bond motifs is 1. The number of pyridine rings is 1. The molecule has 0 fully saturated rings. The second-order valence-corrected chi connectivity index (χ2v) is 7.16. The van der Waals surface area contributed by atoms with Crippen molar-refractivity contribution in [3.05, 3.63) is 97.0 Å². The number of benzene rings is 2. The Morgan fingerprint density at radius 1 is 0.903 bits per heavy atom. The lowest BCUT2D eigenvalue weighted by Crippen LogP contribution is -2.14. The van der Waals surface area contributed by atoms with Crippen LogP contribution in [-0.4, -0.2) is 25.4 Å². The lowest BCUT2D eigenvalue weighted by Gasteiger charge is -2.12. The molecule has 0 spiro atoms. The largest absolute Gasteiger partial charge is 0.342 e. The SMILES string of the molecule is Cn1c(-c2nc(NC(=O)c3ccccc3)cnc2-c2cccnc2)cc2ccccc21. The predicted molar refractivity (Wildman–Crippen MR) is 122 cm³/mol. The molecule has 3 aromatic heterocycles. The average molecular weight is 405 g/mol. The molecule has 0 saturated heterocycles. The number of nitrogens with zero attached hydrogens (tertiary/aromatic N) is 4. The highest BCUT2D eigenvalue weighted by molar-refractivity contribution is 6.04. The number of hydrogen-bond acceptors (Lipinski definition) is 4. The van der Waals surface area contributed by atoms with Crippen LogP contribution in [0.5, 0.6) is 0 Å². The standard InChI is InChI=1S/C25H19N5O/c1-30-20-12-6-5-10-18(20)14-21(30)24-23(19-11-7-13-26-15-19)27-16-22(28-24)29-25(31)17-8-3-2-4-9-17/h2-16H,1H3,(H,28,29,31). The third-order valence-electron chi connectivity index (χ3n) is 5.18. The van der Waals surface area contributed by atoms with E-state index in [0.717, 1.165) is 22.2 Å². The molecule has 0 aliphatic rings. The first kappa shape index (κ1) is 18.7. The molecule has 0 unspecified atom stereocenters. The number of nitrogens with one attached hydrogen (secondary N) is 1. The van der Waals surface area contributed by atoms with E-state index >= 15 is 0 Å². The van der Waals surface area contributed by atoms with Crippen LogP contribution in [0.2, 0.25) is 0 Å². The van der Waals surface area contributed by atoms with E-state index in [1.165, 1.54) is 0 Å². The maximum atomic E-state index is 12.6. The third kappa shape index (κ3) is 3.55. The Hall–Kier alpha value is -4.32. The Balaban J connectivity index is 1.64. The van der Waals surface area contributed by atoms with E-state index in [-0.39, 0.29) is 5.91 Å².